The van der Waals surface area contributed by atoms with Gasteiger partial charge in [0.2, 0.25) is 0 Å². The Morgan fingerprint density at radius 3 is 2.93 bits per heavy atom. The lowest BCUT2D eigenvalue weighted by Crippen LogP contribution is -2.16. The van der Waals surface area contributed by atoms with Crippen LogP contribution in [0.5, 0.6) is 5.75 Å². The van der Waals surface area contributed by atoms with Crippen LogP contribution in [0.25, 0.3) is 0 Å². The zero-order valence-electron chi connectivity index (χ0n) is 8.24. The van der Waals surface area contributed by atoms with Crippen LogP contribution in [-0.2, 0) is 0 Å². The molecule has 1 rings (SSSR count). The lowest BCUT2D eigenvalue weighted by molar-refractivity contribution is 0.0993. The van der Waals surface area contributed by atoms with Crippen LogP contribution in [0.3, 0.4) is 0 Å². The molecule has 0 heterocycles. The number of benzene rings is 1. The molecular formula is C11H15BrO2. The highest BCUT2D eigenvalue weighted by Gasteiger charge is 2.03. The van der Waals surface area contributed by atoms with Crippen LogP contribution in [0, 0.1) is 0 Å². The number of ether oxygens (including phenoxy) is 1. The number of aliphatic hydroxyl groups excluding tert-OH is 1. The van der Waals surface area contributed by atoms with Crippen molar-refractivity contribution >= 4 is 15.9 Å². The van der Waals surface area contributed by atoms with Gasteiger partial charge in [-0.3, -0.25) is 0 Å². The minimum Gasteiger partial charge on any atom is -0.491 e. The molecule has 0 radical (unpaired) electrons. The van der Waals surface area contributed by atoms with Gasteiger partial charge >= 0.3 is 0 Å². The van der Waals surface area contributed by atoms with E-state index in [0.717, 1.165) is 23.1 Å². The molecule has 0 amide bonds. The Bertz CT molecular complexity index is 276. The molecule has 0 fully saturated rings. The maximum atomic E-state index is 9.44. The van der Waals surface area contributed by atoms with Gasteiger partial charge in [0, 0.05) is 4.47 Å². The number of hydrogen-bond donors (Lipinski definition) is 1. The summed E-state index contributed by atoms with van der Waals surface area (Å²) in [6.45, 7) is 2.41. The van der Waals surface area contributed by atoms with Crippen LogP contribution >= 0.6 is 15.9 Å². The summed E-state index contributed by atoms with van der Waals surface area (Å²) < 4.78 is 6.41. The second kappa shape index (κ2) is 6.04. The number of rotatable bonds is 5. The Labute approximate surface area is 93.0 Å². The zero-order valence-corrected chi connectivity index (χ0v) is 9.83. The summed E-state index contributed by atoms with van der Waals surface area (Å²) >= 11 is 3.36. The van der Waals surface area contributed by atoms with Crippen LogP contribution in [0.2, 0.25) is 0 Å². The molecule has 1 unspecified atom stereocenters. The predicted molar refractivity (Wildman–Crippen MR) is 60.6 cm³/mol. The maximum absolute atomic E-state index is 9.44. The molecule has 0 aliphatic rings. The van der Waals surface area contributed by atoms with Gasteiger partial charge in [-0.05, 0) is 24.6 Å². The third kappa shape index (κ3) is 4.11. The van der Waals surface area contributed by atoms with Gasteiger partial charge in [-0.1, -0.05) is 35.3 Å². The van der Waals surface area contributed by atoms with Crippen molar-refractivity contribution < 1.29 is 9.84 Å². The highest BCUT2D eigenvalue weighted by molar-refractivity contribution is 9.10. The summed E-state index contributed by atoms with van der Waals surface area (Å²) in [6, 6.07) is 7.61. The van der Waals surface area contributed by atoms with Crippen LogP contribution in [0.15, 0.2) is 28.7 Å². The van der Waals surface area contributed by atoms with Crippen molar-refractivity contribution in [2.75, 3.05) is 6.61 Å². The van der Waals surface area contributed by atoms with E-state index in [1.165, 1.54) is 0 Å². The van der Waals surface area contributed by atoms with Gasteiger partial charge in [-0.15, -0.1) is 0 Å². The van der Waals surface area contributed by atoms with Crippen LogP contribution in [0.1, 0.15) is 19.8 Å². The zero-order chi connectivity index (χ0) is 10.4. The van der Waals surface area contributed by atoms with Crippen LogP contribution < -0.4 is 4.74 Å². The van der Waals surface area contributed by atoms with E-state index in [0.29, 0.717) is 6.61 Å². The Hall–Kier alpha value is -0.540. The molecule has 1 atom stereocenters. The van der Waals surface area contributed by atoms with Gasteiger partial charge in [0.15, 0.2) is 0 Å². The molecule has 78 valence electrons. The number of hydrogen-bond acceptors (Lipinski definition) is 2. The Kier molecular flexibility index (Phi) is 4.98. The van der Waals surface area contributed by atoms with Crippen molar-refractivity contribution in [3.63, 3.8) is 0 Å². The molecule has 0 saturated heterocycles. The molecule has 0 aliphatic heterocycles. The van der Waals surface area contributed by atoms with E-state index >= 15 is 0 Å². The minimum atomic E-state index is -0.362. The van der Waals surface area contributed by atoms with E-state index < -0.39 is 0 Å². The van der Waals surface area contributed by atoms with E-state index in [9.17, 15) is 5.11 Å². The fourth-order valence-electron chi connectivity index (χ4n) is 1.17. The lowest BCUT2D eigenvalue weighted by atomic mass is 10.2. The first-order valence-corrected chi connectivity index (χ1v) is 5.58. The molecule has 0 saturated carbocycles. The monoisotopic (exact) mass is 258 g/mol. The summed E-state index contributed by atoms with van der Waals surface area (Å²) in [5, 5.41) is 9.44. The predicted octanol–water partition coefficient (Wildman–Crippen LogP) is 2.99. The van der Waals surface area contributed by atoms with Gasteiger partial charge in [0.05, 0.1) is 6.10 Å². The fourth-order valence-corrected chi connectivity index (χ4v) is 1.54. The van der Waals surface area contributed by atoms with E-state index in [1.807, 2.05) is 31.2 Å². The number of halogens is 1. The Morgan fingerprint density at radius 1 is 1.50 bits per heavy atom. The highest BCUT2D eigenvalue weighted by Crippen LogP contribution is 2.17. The van der Waals surface area contributed by atoms with Crippen LogP contribution in [0.4, 0.5) is 0 Å². The van der Waals surface area contributed by atoms with E-state index in [1.54, 1.807) is 0 Å². The lowest BCUT2D eigenvalue weighted by Gasteiger charge is -2.11. The quantitative estimate of drug-likeness (QED) is 0.880. The third-order valence-electron chi connectivity index (χ3n) is 1.86. The topological polar surface area (TPSA) is 29.5 Å². The fraction of sp³-hybridized carbons (Fsp3) is 0.455. The highest BCUT2D eigenvalue weighted by atomic mass is 79.9. The standard InChI is InChI=1S/C11H15BrO2/c1-2-4-10(13)8-14-11-6-3-5-9(12)7-11/h3,5-7,10,13H,2,4,8H2,1H3. The first-order valence-electron chi connectivity index (χ1n) is 4.78. The van der Waals surface area contributed by atoms with Crippen molar-refractivity contribution in [2.24, 2.45) is 0 Å². The second-order valence-corrected chi connectivity index (χ2v) is 4.13. The number of aliphatic hydroxyl groups is 1. The smallest absolute Gasteiger partial charge is 0.120 e. The normalized spacial score (nSPS) is 12.5. The van der Waals surface area contributed by atoms with Gasteiger partial charge in [0.25, 0.3) is 0 Å². The first kappa shape index (κ1) is 11.5. The molecule has 1 N–H and O–H groups in total. The second-order valence-electron chi connectivity index (χ2n) is 3.21. The van der Waals surface area contributed by atoms with Gasteiger partial charge < -0.3 is 9.84 Å². The van der Waals surface area contributed by atoms with E-state index in [4.69, 9.17) is 4.74 Å². The molecule has 0 aromatic heterocycles. The van der Waals surface area contributed by atoms with E-state index in [-0.39, 0.29) is 6.10 Å². The summed E-state index contributed by atoms with van der Waals surface area (Å²) in [5.41, 5.74) is 0. The molecule has 14 heavy (non-hydrogen) atoms. The average Bonchev–Trinajstić information content (AvgIpc) is 2.15. The molecule has 0 aliphatic carbocycles. The Morgan fingerprint density at radius 2 is 2.29 bits per heavy atom. The van der Waals surface area contributed by atoms with Crippen molar-refractivity contribution in [1.29, 1.82) is 0 Å². The van der Waals surface area contributed by atoms with Gasteiger partial charge in [0.1, 0.15) is 12.4 Å². The third-order valence-corrected chi connectivity index (χ3v) is 2.35. The van der Waals surface area contributed by atoms with Crippen molar-refractivity contribution in [1.82, 2.24) is 0 Å². The molecule has 2 nitrogen and oxygen atoms in total. The first-order chi connectivity index (χ1) is 6.72. The van der Waals surface area contributed by atoms with Crippen LogP contribution in [-0.4, -0.2) is 17.8 Å². The molecule has 1 aromatic carbocycles. The molecule has 0 bridgehead atoms. The Balaban J connectivity index is 2.37. The van der Waals surface area contributed by atoms with Gasteiger partial charge in [-0.2, -0.15) is 0 Å². The summed E-state index contributed by atoms with van der Waals surface area (Å²) in [6.07, 6.45) is 1.40. The molecular weight excluding hydrogens is 244 g/mol. The summed E-state index contributed by atoms with van der Waals surface area (Å²) in [4.78, 5) is 0. The average molecular weight is 259 g/mol. The van der Waals surface area contributed by atoms with Crippen molar-refractivity contribution in [2.45, 2.75) is 25.9 Å². The molecule has 0 spiro atoms. The van der Waals surface area contributed by atoms with Crippen molar-refractivity contribution in [3.05, 3.63) is 28.7 Å². The molecule has 3 heteroatoms. The maximum Gasteiger partial charge on any atom is 0.120 e. The largest absolute Gasteiger partial charge is 0.491 e. The van der Waals surface area contributed by atoms with Gasteiger partial charge in [-0.25, -0.2) is 0 Å². The summed E-state index contributed by atoms with van der Waals surface area (Å²) in [7, 11) is 0. The van der Waals surface area contributed by atoms with Crippen molar-refractivity contribution in [3.8, 4) is 5.75 Å². The molecule has 1 aromatic rings. The minimum absolute atomic E-state index is 0.362. The SMILES string of the molecule is CCCC(O)COc1cccc(Br)c1. The van der Waals surface area contributed by atoms with E-state index in [2.05, 4.69) is 15.9 Å². The summed E-state index contributed by atoms with van der Waals surface area (Å²) in [5.74, 6) is 0.787.